The molecule has 0 saturated carbocycles. The fourth-order valence-corrected chi connectivity index (χ4v) is 5.15. The van der Waals surface area contributed by atoms with Gasteiger partial charge in [0, 0.05) is 18.5 Å². The first-order valence-electron chi connectivity index (χ1n) is 11.6. The Bertz CT molecular complexity index is 1430. The molecule has 4 heterocycles. The SMILES string of the molecule is COc1ccc2c(c1)C(=O)CC1(CCN(C(=O)c3ccc4c(c3)C(=O)N(Cc3ccco3)C4=O)C1)O2. The maximum absolute atomic E-state index is 13.4. The number of ether oxygens (including phenoxy) is 2. The maximum Gasteiger partial charge on any atom is 0.261 e. The van der Waals surface area contributed by atoms with Crippen LogP contribution >= 0.6 is 0 Å². The number of methoxy groups -OCH3 is 1. The van der Waals surface area contributed by atoms with Crippen LogP contribution in [0.4, 0.5) is 0 Å². The molecule has 1 unspecified atom stereocenters. The Morgan fingerprint density at radius 2 is 1.86 bits per heavy atom. The molecule has 6 rings (SSSR count). The monoisotopic (exact) mass is 486 g/mol. The van der Waals surface area contributed by atoms with Crippen molar-refractivity contribution in [3.05, 3.63) is 82.8 Å². The van der Waals surface area contributed by atoms with E-state index in [1.165, 1.54) is 25.5 Å². The van der Waals surface area contributed by atoms with E-state index in [0.29, 0.717) is 41.4 Å². The second kappa shape index (κ2) is 8.08. The zero-order chi connectivity index (χ0) is 25.0. The number of nitrogens with zero attached hydrogens (tertiary/aromatic N) is 2. The highest BCUT2D eigenvalue weighted by atomic mass is 16.5. The molecule has 182 valence electrons. The number of hydrogen-bond acceptors (Lipinski definition) is 7. The number of Topliss-reactive ketones (excluding diaryl/α,β-unsaturated/α-hetero) is 1. The van der Waals surface area contributed by atoms with Crippen LogP contribution in [-0.4, -0.2) is 59.1 Å². The molecule has 0 aliphatic carbocycles. The van der Waals surface area contributed by atoms with Crippen LogP contribution in [0.2, 0.25) is 0 Å². The lowest BCUT2D eigenvalue weighted by atomic mass is 9.89. The first-order chi connectivity index (χ1) is 17.4. The number of furan rings is 1. The quantitative estimate of drug-likeness (QED) is 0.521. The van der Waals surface area contributed by atoms with Gasteiger partial charge in [-0.25, -0.2) is 0 Å². The van der Waals surface area contributed by atoms with Gasteiger partial charge in [0.05, 0.1) is 49.6 Å². The summed E-state index contributed by atoms with van der Waals surface area (Å²) in [6.07, 6.45) is 2.15. The van der Waals surface area contributed by atoms with Crippen molar-refractivity contribution in [1.82, 2.24) is 9.80 Å². The second-order valence-corrected chi connectivity index (χ2v) is 9.26. The van der Waals surface area contributed by atoms with Gasteiger partial charge in [0.2, 0.25) is 0 Å². The smallest absolute Gasteiger partial charge is 0.261 e. The third-order valence-corrected chi connectivity index (χ3v) is 7.01. The molecule has 3 amide bonds. The summed E-state index contributed by atoms with van der Waals surface area (Å²) in [5.74, 6) is 0.336. The van der Waals surface area contributed by atoms with Crippen molar-refractivity contribution in [3.63, 3.8) is 0 Å². The summed E-state index contributed by atoms with van der Waals surface area (Å²) in [6.45, 7) is 0.680. The van der Waals surface area contributed by atoms with Crippen LogP contribution in [0.1, 0.15) is 60.0 Å². The first kappa shape index (κ1) is 22.1. The van der Waals surface area contributed by atoms with Gasteiger partial charge in [-0.3, -0.25) is 24.1 Å². The maximum atomic E-state index is 13.4. The minimum Gasteiger partial charge on any atom is -0.497 e. The van der Waals surface area contributed by atoms with E-state index in [1.807, 2.05) is 0 Å². The third kappa shape index (κ3) is 3.46. The fraction of sp³-hybridized carbons (Fsp3) is 0.259. The lowest BCUT2D eigenvalue weighted by Gasteiger charge is -2.34. The lowest BCUT2D eigenvalue weighted by molar-refractivity contribution is 0.0427. The summed E-state index contributed by atoms with van der Waals surface area (Å²) in [5, 5.41) is 0. The number of carbonyl (C=O) groups excluding carboxylic acids is 4. The Labute approximate surface area is 206 Å². The zero-order valence-corrected chi connectivity index (χ0v) is 19.5. The van der Waals surface area contributed by atoms with Crippen molar-refractivity contribution < 1.29 is 33.1 Å². The standard InChI is InChI=1S/C27H22N2O7/c1-34-17-5-7-23-21(12-17)22(30)13-27(36-23)8-9-28(15-27)24(31)16-4-6-19-20(11-16)26(33)29(25(19)32)14-18-3-2-10-35-18/h2-7,10-12H,8-9,13-15H2,1H3. The predicted octanol–water partition coefficient (Wildman–Crippen LogP) is 3.33. The topological polar surface area (TPSA) is 106 Å². The Hall–Kier alpha value is -4.40. The number of amides is 3. The number of fused-ring (bicyclic) bond motifs is 2. The molecule has 3 aromatic rings. The van der Waals surface area contributed by atoms with Crippen molar-refractivity contribution in [2.45, 2.75) is 25.0 Å². The molecule has 1 aromatic heterocycles. The van der Waals surface area contributed by atoms with Crippen molar-refractivity contribution in [3.8, 4) is 11.5 Å². The van der Waals surface area contributed by atoms with Crippen molar-refractivity contribution >= 4 is 23.5 Å². The van der Waals surface area contributed by atoms with Gasteiger partial charge in [-0.05, 0) is 48.5 Å². The Balaban J connectivity index is 1.20. The van der Waals surface area contributed by atoms with Gasteiger partial charge in [0.15, 0.2) is 5.78 Å². The van der Waals surface area contributed by atoms with E-state index in [9.17, 15) is 19.2 Å². The zero-order valence-electron chi connectivity index (χ0n) is 19.5. The number of carbonyl (C=O) groups is 4. The first-order valence-corrected chi connectivity index (χ1v) is 11.6. The van der Waals surface area contributed by atoms with Crippen LogP contribution in [0.15, 0.2) is 59.2 Å². The number of hydrogen-bond donors (Lipinski definition) is 0. The molecule has 36 heavy (non-hydrogen) atoms. The predicted molar refractivity (Wildman–Crippen MR) is 125 cm³/mol. The number of ketones is 1. The van der Waals surface area contributed by atoms with E-state index in [4.69, 9.17) is 13.9 Å². The summed E-state index contributed by atoms with van der Waals surface area (Å²) < 4.78 is 16.7. The van der Waals surface area contributed by atoms with Gasteiger partial charge in [0.25, 0.3) is 17.7 Å². The molecule has 3 aliphatic heterocycles. The van der Waals surface area contributed by atoms with E-state index in [0.717, 1.165) is 4.90 Å². The summed E-state index contributed by atoms with van der Waals surface area (Å²) in [7, 11) is 1.54. The van der Waals surface area contributed by atoms with Crippen LogP contribution in [0.3, 0.4) is 0 Å². The van der Waals surface area contributed by atoms with E-state index in [-0.39, 0.29) is 42.3 Å². The molecule has 0 N–H and O–H groups in total. The number of imide groups is 1. The molecule has 1 spiro atoms. The Morgan fingerprint density at radius 3 is 2.64 bits per heavy atom. The molecule has 3 aliphatic rings. The molecule has 0 bridgehead atoms. The highest BCUT2D eigenvalue weighted by Gasteiger charge is 2.47. The lowest BCUT2D eigenvalue weighted by Crippen LogP contribution is -2.45. The van der Waals surface area contributed by atoms with Crippen LogP contribution in [0.25, 0.3) is 0 Å². The van der Waals surface area contributed by atoms with Crippen molar-refractivity contribution in [2.24, 2.45) is 0 Å². The summed E-state index contributed by atoms with van der Waals surface area (Å²) in [6, 6.07) is 13.0. The van der Waals surface area contributed by atoms with Gasteiger partial charge >= 0.3 is 0 Å². The summed E-state index contributed by atoms with van der Waals surface area (Å²) in [4.78, 5) is 54.7. The highest BCUT2D eigenvalue weighted by Crippen LogP contribution is 2.40. The highest BCUT2D eigenvalue weighted by molar-refractivity contribution is 6.22. The average Bonchev–Trinajstić information content (AvgIpc) is 3.60. The molecule has 0 radical (unpaired) electrons. The number of rotatable bonds is 4. The molecular formula is C27H22N2O7. The minimum absolute atomic E-state index is 0.0238. The van der Waals surface area contributed by atoms with Gasteiger partial charge < -0.3 is 18.8 Å². The van der Waals surface area contributed by atoms with Gasteiger partial charge in [0.1, 0.15) is 22.9 Å². The minimum atomic E-state index is -0.795. The summed E-state index contributed by atoms with van der Waals surface area (Å²) in [5.41, 5.74) is 0.439. The Morgan fingerprint density at radius 1 is 1.03 bits per heavy atom. The second-order valence-electron chi connectivity index (χ2n) is 9.26. The summed E-state index contributed by atoms with van der Waals surface area (Å²) >= 11 is 0. The molecule has 1 fully saturated rings. The van der Waals surface area contributed by atoms with E-state index in [2.05, 4.69) is 0 Å². The fourth-order valence-electron chi connectivity index (χ4n) is 5.15. The van der Waals surface area contributed by atoms with Gasteiger partial charge in [-0.2, -0.15) is 0 Å². The van der Waals surface area contributed by atoms with Gasteiger partial charge in [-0.15, -0.1) is 0 Å². The molecule has 2 aromatic carbocycles. The van der Waals surface area contributed by atoms with Crippen molar-refractivity contribution in [2.75, 3.05) is 20.2 Å². The van der Waals surface area contributed by atoms with Gasteiger partial charge in [-0.1, -0.05) is 0 Å². The largest absolute Gasteiger partial charge is 0.497 e. The Kier molecular flexibility index (Phi) is 4.96. The molecule has 9 heteroatoms. The molecule has 9 nitrogen and oxygen atoms in total. The molecule has 1 atom stereocenters. The van der Waals surface area contributed by atoms with Crippen LogP contribution < -0.4 is 9.47 Å². The van der Waals surface area contributed by atoms with E-state index >= 15 is 0 Å². The number of likely N-dealkylation sites (tertiary alicyclic amines) is 1. The molecule has 1 saturated heterocycles. The third-order valence-electron chi connectivity index (χ3n) is 7.01. The number of benzene rings is 2. The van der Waals surface area contributed by atoms with Crippen LogP contribution in [0, 0.1) is 0 Å². The molecular weight excluding hydrogens is 464 g/mol. The van der Waals surface area contributed by atoms with Crippen LogP contribution in [0.5, 0.6) is 11.5 Å². The van der Waals surface area contributed by atoms with Crippen molar-refractivity contribution in [1.29, 1.82) is 0 Å². The van der Waals surface area contributed by atoms with E-state index < -0.39 is 17.4 Å². The van der Waals surface area contributed by atoms with E-state index in [1.54, 1.807) is 41.3 Å². The average molecular weight is 486 g/mol. The van der Waals surface area contributed by atoms with Crippen LogP contribution in [-0.2, 0) is 6.54 Å². The normalized spacial score (nSPS) is 20.5.